The van der Waals surface area contributed by atoms with Gasteiger partial charge in [-0.3, -0.25) is 0 Å². The minimum absolute atomic E-state index is 0.167. The molecule has 2 heteroatoms. The van der Waals surface area contributed by atoms with E-state index in [2.05, 4.69) is 45.0 Å². The molecule has 0 amide bonds. The lowest BCUT2D eigenvalue weighted by molar-refractivity contribution is -0.0897. The third-order valence-corrected chi connectivity index (χ3v) is 5.37. The van der Waals surface area contributed by atoms with Crippen molar-refractivity contribution in [1.29, 1.82) is 0 Å². The largest absolute Gasteiger partial charge is 0.356 e. The van der Waals surface area contributed by atoms with Crippen molar-refractivity contribution < 1.29 is 4.74 Å². The minimum atomic E-state index is -1.30. The molecule has 1 spiro atoms. The first-order chi connectivity index (χ1) is 8.25. The van der Waals surface area contributed by atoms with Gasteiger partial charge in [-0.25, -0.2) is 0 Å². The fourth-order valence-electron chi connectivity index (χ4n) is 3.31. The SMILES string of the molecule is C[C@H]1CC2(CCCCC2)O[C@@]1(C)C#C[Si](C)(C)C. The highest BCUT2D eigenvalue weighted by Gasteiger charge is 2.50. The van der Waals surface area contributed by atoms with Crippen LogP contribution in [0, 0.1) is 17.4 Å². The van der Waals surface area contributed by atoms with Gasteiger partial charge < -0.3 is 4.74 Å². The van der Waals surface area contributed by atoms with Gasteiger partial charge in [-0.2, -0.15) is 0 Å². The van der Waals surface area contributed by atoms with Gasteiger partial charge in [0, 0.05) is 0 Å². The second kappa shape index (κ2) is 4.69. The zero-order valence-corrected chi connectivity index (χ0v) is 13.7. The molecule has 1 aliphatic carbocycles. The van der Waals surface area contributed by atoms with E-state index in [1.54, 1.807) is 0 Å². The van der Waals surface area contributed by atoms with Crippen molar-refractivity contribution in [2.45, 2.75) is 83.2 Å². The summed E-state index contributed by atoms with van der Waals surface area (Å²) in [6.45, 7) is 11.5. The molecule has 1 saturated heterocycles. The summed E-state index contributed by atoms with van der Waals surface area (Å²) < 4.78 is 6.53. The van der Waals surface area contributed by atoms with Gasteiger partial charge in [0.15, 0.2) is 0 Å². The summed E-state index contributed by atoms with van der Waals surface area (Å²) in [5.41, 5.74) is 3.49. The van der Waals surface area contributed by atoms with E-state index < -0.39 is 8.07 Å². The van der Waals surface area contributed by atoms with Crippen LogP contribution >= 0.6 is 0 Å². The molecule has 2 aliphatic rings. The van der Waals surface area contributed by atoms with Crippen molar-refractivity contribution in [3.63, 3.8) is 0 Å². The van der Waals surface area contributed by atoms with Crippen molar-refractivity contribution in [1.82, 2.24) is 0 Å². The molecule has 1 nitrogen and oxygen atoms in total. The van der Waals surface area contributed by atoms with Gasteiger partial charge in [0.25, 0.3) is 0 Å². The standard InChI is InChI=1S/C16H28OSi/c1-14-13-16(9-7-6-8-10-16)17-15(14,2)11-12-18(3,4)5/h14H,6-10,13H2,1-5H3/t14-,15-/m0/s1. The minimum Gasteiger partial charge on any atom is -0.356 e. The highest BCUT2D eigenvalue weighted by Crippen LogP contribution is 2.49. The van der Waals surface area contributed by atoms with Crippen LogP contribution in [0.2, 0.25) is 19.6 Å². The molecule has 1 heterocycles. The van der Waals surface area contributed by atoms with Crippen LogP contribution in [0.4, 0.5) is 0 Å². The lowest BCUT2D eigenvalue weighted by atomic mass is 9.79. The predicted molar refractivity (Wildman–Crippen MR) is 80.2 cm³/mol. The molecule has 2 rings (SSSR count). The molecular formula is C16H28OSi. The number of ether oxygens (including phenoxy) is 1. The Kier molecular flexibility index (Phi) is 3.69. The summed E-state index contributed by atoms with van der Waals surface area (Å²) >= 11 is 0. The zero-order chi connectivity index (χ0) is 13.4. The van der Waals surface area contributed by atoms with Crippen molar-refractivity contribution in [3.05, 3.63) is 0 Å². The fourth-order valence-corrected chi connectivity index (χ4v) is 3.93. The van der Waals surface area contributed by atoms with Gasteiger partial charge in [-0.1, -0.05) is 51.7 Å². The average molecular weight is 264 g/mol. The molecule has 18 heavy (non-hydrogen) atoms. The smallest absolute Gasteiger partial charge is 0.129 e. The topological polar surface area (TPSA) is 9.23 Å². The molecule has 0 N–H and O–H groups in total. The van der Waals surface area contributed by atoms with E-state index in [-0.39, 0.29) is 11.2 Å². The highest BCUT2D eigenvalue weighted by atomic mass is 28.3. The van der Waals surface area contributed by atoms with E-state index in [1.165, 1.54) is 38.5 Å². The van der Waals surface area contributed by atoms with Gasteiger partial charge in [0.1, 0.15) is 13.7 Å². The maximum Gasteiger partial charge on any atom is 0.129 e. The van der Waals surface area contributed by atoms with Gasteiger partial charge in [0.05, 0.1) is 5.60 Å². The maximum atomic E-state index is 6.53. The van der Waals surface area contributed by atoms with Crippen LogP contribution in [0.5, 0.6) is 0 Å². The summed E-state index contributed by atoms with van der Waals surface area (Å²) in [5.74, 6) is 4.08. The van der Waals surface area contributed by atoms with E-state index in [9.17, 15) is 0 Å². The van der Waals surface area contributed by atoms with Crippen molar-refractivity contribution >= 4 is 8.07 Å². The van der Waals surface area contributed by atoms with Crippen LogP contribution in [-0.4, -0.2) is 19.3 Å². The van der Waals surface area contributed by atoms with Gasteiger partial charge in [-0.15, -0.1) is 5.54 Å². The normalized spacial score (nSPS) is 35.3. The Bertz CT molecular complexity index is 365. The first-order valence-corrected chi connectivity index (χ1v) is 11.0. The maximum absolute atomic E-state index is 6.53. The highest BCUT2D eigenvalue weighted by molar-refractivity contribution is 6.83. The van der Waals surface area contributed by atoms with E-state index >= 15 is 0 Å². The number of rotatable bonds is 0. The van der Waals surface area contributed by atoms with E-state index in [0.29, 0.717) is 5.92 Å². The van der Waals surface area contributed by atoms with Gasteiger partial charge in [-0.05, 0) is 32.1 Å². The summed E-state index contributed by atoms with van der Waals surface area (Å²) in [4.78, 5) is 0. The molecule has 0 bridgehead atoms. The molecule has 0 aromatic rings. The molecule has 0 radical (unpaired) electrons. The summed E-state index contributed by atoms with van der Waals surface area (Å²) in [7, 11) is -1.30. The average Bonchev–Trinajstić information content (AvgIpc) is 2.49. The van der Waals surface area contributed by atoms with Crippen molar-refractivity contribution in [2.75, 3.05) is 0 Å². The van der Waals surface area contributed by atoms with Crippen LogP contribution in [0.1, 0.15) is 52.4 Å². The van der Waals surface area contributed by atoms with Crippen LogP contribution < -0.4 is 0 Å². The Morgan fingerprint density at radius 3 is 2.28 bits per heavy atom. The molecule has 0 aromatic heterocycles. The van der Waals surface area contributed by atoms with Crippen LogP contribution in [0.15, 0.2) is 0 Å². The zero-order valence-electron chi connectivity index (χ0n) is 12.7. The Morgan fingerprint density at radius 1 is 1.11 bits per heavy atom. The van der Waals surface area contributed by atoms with Crippen LogP contribution in [0.25, 0.3) is 0 Å². The molecule has 102 valence electrons. The van der Waals surface area contributed by atoms with Crippen molar-refractivity contribution in [2.24, 2.45) is 5.92 Å². The molecule has 1 saturated carbocycles. The first kappa shape index (κ1) is 14.2. The lowest BCUT2D eigenvalue weighted by Crippen LogP contribution is -2.36. The second-order valence-electron chi connectivity index (χ2n) is 7.56. The monoisotopic (exact) mass is 264 g/mol. The molecule has 2 atom stereocenters. The Hall–Kier alpha value is -0.263. The first-order valence-electron chi connectivity index (χ1n) is 7.49. The van der Waals surface area contributed by atoms with Gasteiger partial charge >= 0.3 is 0 Å². The molecule has 1 aliphatic heterocycles. The van der Waals surface area contributed by atoms with Crippen LogP contribution in [0.3, 0.4) is 0 Å². The summed E-state index contributed by atoms with van der Waals surface area (Å²) in [6.07, 6.45) is 7.78. The van der Waals surface area contributed by atoms with Gasteiger partial charge in [0.2, 0.25) is 0 Å². The third kappa shape index (κ3) is 3.00. The molecule has 0 aromatic carbocycles. The number of hydrogen-bond acceptors (Lipinski definition) is 1. The van der Waals surface area contributed by atoms with E-state index in [4.69, 9.17) is 4.74 Å². The Morgan fingerprint density at radius 2 is 1.72 bits per heavy atom. The second-order valence-corrected chi connectivity index (χ2v) is 12.3. The quantitative estimate of drug-likeness (QED) is 0.466. The predicted octanol–water partition coefficient (Wildman–Crippen LogP) is 4.39. The summed E-state index contributed by atoms with van der Waals surface area (Å²) in [6, 6.07) is 0. The third-order valence-electron chi connectivity index (χ3n) is 4.50. The molecule has 0 unspecified atom stereocenters. The van der Waals surface area contributed by atoms with E-state index in [1.807, 2.05) is 0 Å². The Balaban J connectivity index is 2.16. The van der Waals surface area contributed by atoms with Crippen molar-refractivity contribution in [3.8, 4) is 11.5 Å². The van der Waals surface area contributed by atoms with E-state index in [0.717, 1.165) is 0 Å². The molecule has 2 fully saturated rings. The lowest BCUT2D eigenvalue weighted by Gasteiger charge is -2.34. The Labute approximate surface area is 114 Å². The molecular weight excluding hydrogens is 236 g/mol. The summed E-state index contributed by atoms with van der Waals surface area (Å²) in [5, 5.41) is 0. The number of hydrogen-bond donors (Lipinski definition) is 0. The van der Waals surface area contributed by atoms with Crippen LogP contribution in [-0.2, 0) is 4.74 Å². The fraction of sp³-hybridized carbons (Fsp3) is 0.875.